The number of alkyl carbamates (subject to hydrolysis) is 1. The molecule has 1 aromatic carbocycles. The highest BCUT2D eigenvalue weighted by atomic mass is 19.4. The molecule has 2 aliphatic rings. The number of benzene rings is 1. The molecule has 13 heteroatoms. The molecule has 2 aliphatic heterocycles. The molecule has 0 spiro atoms. The van der Waals surface area contributed by atoms with Crippen molar-refractivity contribution in [3.63, 3.8) is 0 Å². The first-order valence-corrected chi connectivity index (χ1v) is 9.32. The Morgan fingerprint density at radius 2 is 2.00 bits per heavy atom. The average molecular weight is 443 g/mol. The number of nitrogens with one attached hydrogen (secondary N) is 2. The van der Waals surface area contributed by atoms with E-state index in [0.29, 0.717) is 10.6 Å². The van der Waals surface area contributed by atoms with Gasteiger partial charge in [-0.3, -0.25) is 4.79 Å². The van der Waals surface area contributed by atoms with Crippen LogP contribution in [0.5, 0.6) is 0 Å². The number of piperazine rings is 1. The van der Waals surface area contributed by atoms with Gasteiger partial charge in [-0.15, -0.1) is 5.10 Å². The SMILES string of the molecule is O=C(N[C@@H](CC(=O)N1N=C(C(F)(F)F)N2CCNCC21)C(=O)O)OCc1ccccc1. The Morgan fingerprint density at radius 1 is 1.29 bits per heavy atom. The minimum atomic E-state index is -4.77. The first-order valence-electron chi connectivity index (χ1n) is 9.32. The van der Waals surface area contributed by atoms with E-state index < -0.39 is 48.6 Å². The van der Waals surface area contributed by atoms with Crippen LogP contribution in [-0.2, 0) is 20.9 Å². The molecule has 0 radical (unpaired) electrons. The minimum Gasteiger partial charge on any atom is -0.480 e. The van der Waals surface area contributed by atoms with Crippen molar-refractivity contribution < 1.29 is 37.4 Å². The molecule has 1 unspecified atom stereocenters. The predicted octanol–water partition coefficient (Wildman–Crippen LogP) is 0.705. The summed E-state index contributed by atoms with van der Waals surface area (Å²) < 4.78 is 44.7. The van der Waals surface area contributed by atoms with Gasteiger partial charge in [0.25, 0.3) is 0 Å². The summed E-state index contributed by atoms with van der Waals surface area (Å²) in [7, 11) is 0. The Bertz CT molecular complexity index is 864. The summed E-state index contributed by atoms with van der Waals surface area (Å²) >= 11 is 0. The summed E-state index contributed by atoms with van der Waals surface area (Å²) in [5, 5.41) is 18.3. The number of hydrogen-bond donors (Lipinski definition) is 3. The van der Waals surface area contributed by atoms with Gasteiger partial charge in [-0.25, -0.2) is 14.6 Å². The Labute approximate surface area is 174 Å². The van der Waals surface area contributed by atoms with Crippen LogP contribution in [0.1, 0.15) is 12.0 Å². The molecule has 2 amide bonds. The van der Waals surface area contributed by atoms with Crippen molar-refractivity contribution in [2.24, 2.45) is 5.10 Å². The second-order valence-corrected chi connectivity index (χ2v) is 6.84. The Kier molecular flexibility index (Phi) is 6.63. The van der Waals surface area contributed by atoms with E-state index in [1.54, 1.807) is 30.3 Å². The van der Waals surface area contributed by atoms with Gasteiger partial charge < -0.3 is 25.4 Å². The molecule has 2 atom stereocenters. The minimum absolute atomic E-state index is 0.0147. The lowest BCUT2D eigenvalue weighted by atomic mass is 10.2. The van der Waals surface area contributed by atoms with Gasteiger partial charge in [0.05, 0.1) is 6.42 Å². The van der Waals surface area contributed by atoms with Gasteiger partial charge in [-0.05, 0) is 5.56 Å². The van der Waals surface area contributed by atoms with Crippen LogP contribution in [0.25, 0.3) is 0 Å². The Morgan fingerprint density at radius 3 is 2.65 bits per heavy atom. The number of fused-ring (bicyclic) bond motifs is 1. The molecule has 3 rings (SSSR count). The van der Waals surface area contributed by atoms with E-state index in [-0.39, 0.29) is 26.2 Å². The highest BCUT2D eigenvalue weighted by Crippen LogP contribution is 2.29. The van der Waals surface area contributed by atoms with E-state index in [0.717, 1.165) is 4.90 Å². The molecule has 1 saturated heterocycles. The van der Waals surface area contributed by atoms with Gasteiger partial charge in [-0.2, -0.15) is 13.2 Å². The van der Waals surface area contributed by atoms with E-state index >= 15 is 0 Å². The van der Waals surface area contributed by atoms with Crippen LogP contribution in [0, 0.1) is 0 Å². The summed E-state index contributed by atoms with van der Waals surface area (Å²) in [5.41, 5.74) is 0.663. The molecule has 2 heterocycles. The van der Waals surface area contributed by atoms with Gasteiger partial charge in [0.1, 0.15) is 18.8 Å². The van der Waals surface area contributed by atoms with Crippen molar-refractivity contribution in [3.8, 4) is 0 Å². The second-order valence-electron chi connectivity index (χ2n) is 6.84. The van der Waals surface area contributed by atoms with E-state index in [4.69, 9.17) is 4.74 Å². The number of hydrogen-bond acceptors (Lipinski definition) is 7. The largest absolute Gasteiger partial charge is 0.480 e. The fourth-order valence-electron chi connectivity index (χ4n) is 3.20. The molecule has 3 N–H and O–H groups in total. The van der Waals surface area contributed by atoms with Crippen molar-refractivity contribution in [1.29, 1.82) is 0 Å². The number of ether oxygens (including phenoxy) is 1. The molecule has 0 saturated carbocycles. The Hall–Kier alpha value is -3.35. The zero-order valence-corrected chi connectivity index (χ0v) is 16.1. The molecule has 168 valence electrons. The number of halogens is 3. The number of alkyl halides is 3. The van der Waals surface area contributed by atoms with Gasteiger partial charge in [0.2, 0.25) is 11.7 Å². The van der Waals surface area contributed by atoms with Crippen molar-refractivity contribution in [1.82, 2.24) is 20.5 Å². The summed E-state index contributed by atoms with van der Waals surface area (Å²) in [5.74, 6) is -3.73. The van der Waals surface area contributed by atoms with Gasteiger partial charge in [0, 0.05) is 19.6 Å². The first-order chi connectivity index (χ1) is 14.7. The number of carboxylic acids is 1. The molecule has 0 aliphatic carbocycles. The van der Waals surface area contributed by atoms with Crippen molar-refractivity contribution in [2.75, 3.05) is 19.6 Å². The van der Waals surface area contributed by atoms with E-state index in [1.807, 2.05) is 5.32 Å². The standard InChI is InChI=1S/C18H20F3N5O5/c19-18(20,21)16-24-26(13-9-22-6-7-25(13)16)14(27)8-12(15(28)29)23-17(30)31-10-11-4-2-1-3-5-11/h1-5,12-13,22H,6-10H2,(H,23,30)(H,28,29)/t12-,13?/m0/s1. The molecule has 1 aromatic rings. The molecule has 10 nitrogen and oxygen atoms in total. The van der Waals surface area contributed by atoms with E-state index in [2.05, 4.69) is 10.4 Å². The second kappa shape index (κ2) is 9.20. The third-order valence-corrected chi connectivity index (χ3v) is 4.66. The number of aliphatic carboxylic acids is 1. The van der Waals surface area contributed by atoms with Gasteiger partial charge in [0.15, 0.2) is 0 Å². The quantitative estimate of drug-likeness (QED) is 0.592. The smallest absolute Gasteiger partial charge is 0.451 e. The number of hydrazone groups is 1. The van der Waals surface area contributed by atoms with Crippen LogP contribution in [0.15, 0.2) is 35.4 Å². The lowest BCUT2D eigenvalue weighted by molar-refractivity contribution is -0.144. The average Bonchev–Trinajstić information content (AvgIpc) is 3.13. The number of amides is 2. The molecule has 31 heavy (non-hydrogen) atoms. The van der Waals surface area contributed by atoms with Crippen molar-refractivity contribution in [2.45, 2.75) is 31.4 Å². The van der Waals surface area contributed by atoms with Crippen LogP contribution < -0.4 is 10.6 Å². The fourth-order valence-corrected chi connectivity index (χ4v) is 3.20. The molecular weight excluding hydrogens is 423 g/mol. The number of carbonyl (C=O) groups is 3. The number of carboxylic acid groups (broad SMARTS) is 1. The van der Waals surface area contributed by atoms with E-state index in [1.165, 1.54) is 0 Å². The molecule has 0 aromatic heterocycles. The summed E-state index contributed by atoms with van der Waals surface area (Å²) in [4.78, 5) is 37.0. The van der Waals surface area contributed by atoms with Crippen LogP contribution in [0.2, 0.25) is 0 Å². The number of carbonyl (C=O) groups excluding carboxylic acids is 2. The summed E-state index contributed by atoms with van der Waals surface area (Å²) in [6, 6.07) is 6.91. The third-order valence-electron chi connectivity index (χ3n) is 4.66. The molecule has 0 bridgehead atoms. The van der Waals surface area contributed by atoms with Gasteiger partial charge >= 0.3 is 18.2 Å². The van der Waals surface area contributed by atoms with Gasteiger partial charge in [-0.1, -0.05) is 30.3 Å². The predicted molar refractivity (Wildman–Crippen MR) is 99.5 cm³/mol. The highest BCUT2D eigenvalue weighted by molar-refractivity contribution is 5.93. The van der Waals surface area contributed by atoms with Crippen LogP contribution >= 0.6 is 0 Å². The number of rotatable bonds is 6. The fraction of sp³-hybridized carbons (Fsp3) is 0.444. The molecule has 1 fully saturated rings. The third kappa shape index (κ3) is 5.42. The lowest BCUT2D eigenvalue weighted by Gasteiger charge is -2.35. The number of amidine groups is 1. The van der Waals surface area contributed by atoms with Crippen molar-refractivity contribution >= 4 is 23.8 Å². The van der Waals surface area contributed by atoms with Crippen LogP contribution in [0.3, 0.4) is 0 Å². The maximum atomic E-state index is 13.3. The summed E-state index contributed by atoms with van der Waals surface area (Å²) in [6.45, 7) is 0.166. The summed E-state index contributed by atoms with van der Waals surface area (Å²) in [6.07, 6.45) is -7.67. The maximum absolute atomic E-state index is 13.3. The topological polar surface area (TPSA) is 124 Å². The monoisotopic (exact) mass is 443 g/mol. The van der Waals surface area contributed by atoms with Crippen LogP contribution in [-0.4, -0.2) is 76.8 Å². The zero-order chi connectivity index (χ0) is 22.6. The zero-order valence-electron chi connectivity index (χ0n) is 16.1. The van der Waals surface area contributed by atoms with Crippen LogP contribution in [0.4, 0.5) is 18.0 Å². The lowest BCUT2D eigenvalue weighted by Crippen LogP contribution is -2.58. The highest BCUT2D eigenvalue weighted by Gasteiger charge is 2.50. The Balaban J connectivity index is 1.63. The van der Waals surface area contributed by atoms with Crippen molar-refractivity contribution in [3.05, 3.63) is 35.9 Å². The normalized spacial score (nSPS) is 19.3. The van der Waals surface area contributed by atoms with E-state index in [9.17, 15) is 32.7 Å². The molecular formula is C18H20F3N5O5. The first kappa shape index (κ1) is 22.3. The number of nitrogens with zero attached hydrogens (tertiary/aromatic N) is 3. The maximum Gasteiger partial charge on any atom is 0.451 e.